The highest BCUT2D eigenvalue weighted by atomic mass is 16.5. The maximum atomic E-state index is 12.9. The third-order valence-corrected chi connectivity index (χ3v) is 4.26. The summed E-state index contributed by atoms with van der Waals surface area (Å²) in [6.45, 7) is 10.7. The van der Waals surface area contributed by atoms with Gasteiger partial charge in [-0.3, -0.25) is 4.79 Å². The van der Waals surface area contributed by atoms with Crippen LogP contribution in [0.2, 0.25) is 0 Å². The van der Waals surface area contributed by atoms with Crippen LogP contribution in [0.4, 0.5) is 0 Å². The fraction of sp³-hybridized carbons (Fsp3) is 0.526. The van der Waals surface area contributed by atoms with Crippen LogP contribution >= 0.6 is 0 Å². The number of Topliss-reactive ketones (excluding diaryl/α,β-unsaturated/α-hetero) is 1. The van der Waals surface area contributed by atoms with Gasteiger partial charge >= 0.3 is 0 Å². The number of ketones is 1. The Hall–Kier alpha value is -1.77. The summed E-state index contributed by atoms with van der Waals surface area (Å²) >= 11 is 0. The van der Waals surface area contributed by atoms with Crippen LogP contribution < -0.4 is 4.74 Å². The van der Waals surface area contributed by atoms with Gasteiger partial charge in [0.2, 0.25) is 0 Å². The van der Waals surface area contributed by atoms with Crippen LogP contribution in [0.5, 0.6) is 5.75 Å². The van der Waals surface area contributed by atoms with Crippen LogP contribution in [-0.2, 0) is 0 Å². The number of methoxy groups -OCH3 is 1. The van der Waals surface area contributed by atoms with Gasteiger partial charge in [0.25, 0.3) is 0 Å². The summed E-state index contributed by atoms with van der Waals surface area (Å²) in [7, 11) is 1.63. The average molecular weight is 301 g/mol. The molecule has 3 heteroatoms. The van der Waals surface area contributed by atoms with Crippen molar-refractivity contribution in [3.63, 3.8) is 0 Å². The Morgan fingerprint density at radius 3 is 2.45 bits per heavy atom. The van der Waals surface area contributed by atoms with Crippen LogP contribution in [0.1, 0.15) is 44.5 Å². The molecule has 0 radical (unpaired) electrons. The molecule has 120 valence electrons. The lowest BCUT2D eigenvalue weighted by molar-refractivity contribution is 0.0986. The summed E-state index contributed by atoms with van der Waals surface area (Å²) in [4.78, 5) is 15.2. The molecule has 0 atom stereocenters. The van der Waals surface area contributed by atoms with Gasteiger partial charge in [-0.15, -0.1) is 0 Å². The minimum Gasteiger partial charge on any atom is -0.497 e. The van der Waals surface area contributed by atoms with E-state index in [9.17, 15) is 4.79 Å². The number of allylic oxidation sites excluding steroid dienone is 1. The van der Waals surface area contributed by atoms with Crippen molar-refractivity contribution in [2.45, 2.75) is 34.1 Å². The van der Waals surface area contributed by atoms with Crippen molar-refractivity contribution in [2.24, 2.45) is 11.3 Å². The minimum absolute atomic E-state index is 0.0789. The van der Waals surface area contributed by atoms with Crippen molar-refractivity contribution in [1.29, 1.82) is 0 Å². The summed E-state index contributed by atoms with van der Waals surface area (Å²) in [5.74, 6) is 1.49. The number of hydrogen-bond donors (Lipinski definition) is 0. The highest BCUT2D eigenvalue weighted by Gasteiger charge is 2.33. The van der Waals surface area contributed by atoms with E-state index in [-0.39, 0.29) is 11.2 Å². The highest BCUT2D eigenvalue weighted by Crippen LogP contribution is 2.36. The number of carbonyl (C=O) groups excluding carboxylic acids is 1. The van der Waals surface area contributed by atoms with Crippen LogP contribution in [-0.4, -0.2) is 30.9 Å². The first-order valence-corrected chi connectivity index (χ1v) is 7.98. The highest BCUT2D eigenvalue weighted by molar-refractivity contribution is 6.09. The molecule has 0 amide bonds. The van der Waals surface area contributed by atoms with Crippen molar-refractivity contribution in [1.82, 2.24) is 4.90 Å². The minimum atomic E-state index is -0.0789. The van der Waals surface area contributed by atoms with E-state index in [0.717, 1.165) is 36.4 Å². The molecule has 0 fully saturated rings. The first-order chi connectivity index (χ1) is 10.3. The smallest absolute Gasteiger partial charge is 0.191 e. The number of carbonyl (C=O) groups is 1. The predicted octanol–water partition coefficient (Wildman–Crippen LogP) is 4.15. The molecule has 0 spiro atoms. The van der Waals surface area contributed by atoms with Crippen LogP contribution in [0.25, 0.3) is 0 Å². The topological polar surface area (TPSA) is 29.5 Å². The lowest BCUT2D eigenvalue weighted by atomic mass is 9.76. The zero-order valence-electron chi connectivity index (χ0n) is 14.3. The van der Waals surface area contributed by atoms with Crippen LogP contribution in [0, 0.1) is 11.3 Å². The molecule has 0 saturated heterocycles. The fourth-order valence-corrected chi connectivity index (χ4v) is 2.86. The van der Waals surface area contributed by atoms with E-state index in [2.05, 4.69) is 38.8 Å². The molecule has 0 aliphatic carbocycles. The molecule has 1 heterocycles. The van der Waals surface area contributed by atoms with E-state index in [1.165, 1.54) is 0 Å². The number of ether oxygens (including phenoxy) is 1. The summed E-state index contributed by atoms with van der Waals surface area (Å²) < 4.78 is 5.16. The SMILES string of the molecule is COc1ccc(C(=O)C2=CN(CC(C)C)CCC2(C)C)cc1. The van der Waals surface area contributed by atoms with Gasteiger partial charge in [-0.25, -0.2) is 0 Å². The van der Waals surface area contributed by atoms with E-state index >= 15 is 0 Å². The van der Waals surface area contributed by atoms with Crippen molar-refractivity contribution >= 4 is 5.78 Å². The van der Waals surface area contributed by atoms with E-state index in [1.54, 1.807) is 7.11 Å². The van der Waals surface area contributed by atoms with Gasteiger partial charge in [0.15, 0.2) is 5.78 Å². The number of hydrogen-bond acceptors (Lipinski definition) is 3. The second-order valence-corrected chi connectivity index (χ2v) is 7.12. The Kier molecular flexibility index (Phi) is 4.94. The second-order valence-electron chi connectivity index (χ2n) is 7.12. The molecule has 0 unspecified atom stereocenters. The van der Waals surface area contributed by atoms with Gasteiger partial charge < -0.3 is 9.64 Å². The maximum Gasteiger partial charge on any atom is 0.191 e. The molecule has 0 N–H and O–H groups in total. The largest absolute Gasteiger partial charge is 0.497 e. The van der Waals surface area contributed by atoms with E-state index in [4.69, 9.17) is 4.74 Å². The molecule has 1 aliphatic rings. The van der Waals surface area contributed by atoms with Crippen LogP contribution in [0.3, 0.4) is 0 Å². The first-order valence-electron chi connectivity index (χ1n) is 7.98. The molecule has 0 bridgehead atoms. The Bertz CT molecular complexity index is 555. The Morgan fingerprint density at radius 1 is 1.27 bits per heavy atom. The Balaban J connectivity index is 2.28. The standard InChI is InChI=1S/C19H27NO2/c1-14(2)12-20-11-10-19(3,4)17(13-20)18(21)15-6-8-16(22-5)9-7-15/h6-9,13-14H,10-12H2,1-5H3. The fourth-order valence-electron chi connectivity index (χ4n) is 2.86. The zero-order valence-corrected chi connectivity index (χ0v) is 14.3. The number of benzene rings is 1. The normalized spacial score (nSPS) is 17.4. The molecule has 1 aromatic rings. The lowest BCUT2D eigenvalue weighted by Gasteiger charge is -2.37. The molecular weight excluding hydrogens is 274 g/mol. The van der Waals surface area contributed by atoms with Crippen molar-refractivity contribution in [3.05, 3.63) is 41.6 Å². The summed E-state index contributed by atoms with van der Waals surface area (Å²) in [5.41, 5.74) is 1.56. The van der Waals surface area contributed by atoms with Crippen molar-refractivity contribution < 1.29 is 9.53 Å². The van der Waals surface area contributed by atoms with Gasteiger partial charge in [-0.1, -0.05) is 27.7 Å². The van der Waals surface area contributed by atoms with E-state index < -0.39 is 0 Å². The third kappa shape index (κ3) is 3.70. The molecule has 1 aliphatic heterocycles. The van der Waals surface area contributed by atoms with Gasteiger partial charge in [0.05, 0.1) is 7.11 Å². The lowest BCUT2D eigenvalue weighted by Crippen LogP contribution is -2.36. The summed E-state index contributed by atoms with van der Waals surface area (Å²) in [6, 6.07) is 7.38. The number of nitrogens with zero attached hydrogens (tertiary/aromatic N) is 1. The van der Waals surface area contributed by atoms with Gasteiger partial charge in [-0.2, -0.15) is 0 Å². The molecular formula is C19H27NO2. The first kappa shape index (κ1) is 16.6. The van der Waals surface area contributed by atoms with Gasteiger partial charge in [0.1, 0.15) is 5.75 Å². The average Bonchev–Trinajstić information content (AvgIpc) is 2.48. The molecule has 22 heavy (non-hydrogen) atoms. The molecule has 3 nitrogen and oxygen atoms in total. The second kappa shape index (κ2) is 6.55. The van der Waals surface area contributed by atoms with Gasteiger partial charge in [0, 0.05) is 30.4 Å². The number of rotatable bonds is 5. The van der Waals surface area contributed by atoms with Crippen LogP contribution in [0.15, 0.2) is 36.0 Å². The molecule has 1 aromatic carbocycles. The van der Waals surface area contributed by atoms with Gasteiger partial charge in [-0.05, 0) is 42.0 Å². The molecule has 0 aromatic heterocycles. The summed E-state index contributed by atoms with van der Waals surface area (Å²) in [6.07, 6.45) is 3.09. The molecule has 0 saturated carbocycles. The van der Waals surface area contributed by atoms with Crippen molar-refractivity contribution in [2.75, 3.05) is 20.2 Å². The van der Waals surface area contributed by atoms with Crippen molar-refractivity contribution in [3.8, 4) is 5.75 Å². The predicted molar refractivity (Wildman–Crippen MR) is 90.2 cm³/mol. The molecule has 2 rings (SSSR count). The van der Waals surface area contributed by atoms with E-state index in [1.807, 2.05) is 24.3 Å². The summed E-state index contributed by atoms with van der Waals surface area (Å²) in [5, 5.41) is 0. The quantitative estimate of drug-likeness (QED) is 0.765. The zero-order chi connectivity index (χ0) is 16.3. The third-order valence-electron chi connectivity index (χ3n) is 4.26. The van der Waals surface area contributed by atoms with E-state index in [0.29, 0.717) is 5.92 Å². The Morgan fingerprint density at radius 2 is 1.91 bits per heavy atom. The Labute approximate surface area is 134 Å². The maximum absolute atomic E-state index is 12.9. The monoisotopic (exact) mass is 301 g/mol.